The van der Waals surface area contributed by atoms with Crippen LogP contribution in [0, 0.1) is 0 Å². The van der Waals surface area contributed by atoms with Crippen molar-refractivity contribution in [2.24, 2.45) is 14.1 Å². The Morgan fingerprint density at radius 3 is 2.29 bits per heavy atom. The highest BCUT2D eigenvalue weighted by Gasteiger charge is 2.21. The summed E-state index contributed by atoms with van der Waals surface area (Å²) in [6.45, 7) is 0. The van der Waals surface area contributed by atoms with E-state index in [0.29, 0.717) is 10.7 Å². The first-order valence-corrected chi connectivity index (χ1v) is 6.26. The zero-order chi connectivity index (χ0) is 15.7. The molecule has 21 heavy (non-hydrogen) atoms. The number of carbonyl (C=O) groups excluding carboxylic acids is 1. The van der Waals surface area contributed by atoms with Gasteiger partial charge in [-0.25, -0.2) is 4.79 Å². The summed E-state index contributed by atoms with van der Waals surface area (Å²) < 4.78 is 1.56. The van der Waals surface area contributed by atoms with Crippen LogP contribution in [-0.4, -0.2) is 20.1 Å². The maximum atomic E-state index is 12.1. The van der Waals surface area contributed by atoms with Crippen molar-refractivity contribution in [3.05, 3.63) is 55.7 Å². The first-order valence-electron chi connectivity index (χ1n) is 5.89. The summed E-state index contributed by atoms with van der Waals surface area (Å²) in [4.78, 5) is 35.7. The number of anilines is 1. The Morgan fingerprint density at radius 1 is 1.14 bits per heavy atom. The second-order valence-corrected chi connectivity index (χ2v) is 4.80. The molecule has 1 aromatic carbocycles. The maximum Gasteiger partial charge on any atom is 0.333 e. The number of rotatable bonds is 2. The molecule has 0 saturated carbocycles. The molecule has 0 aliphatic carbocycles. The summed E-state index contributed by atoms with van der Waals surface area (Å²) in [6.07, 6.45) is 0. The predicted octanol–water partition coefficient (Wildman–Crippen LogP) is 0.695. The molecule has 0 unspecified atom stereocenters. The summed E-state index contributed by atoms with van der Waals surface area (Å²) >= 11 is 5.73. The van der Waals surface area contributed by atoms with Gasteiger partial charge in [0, 0.05) is 24.8 Å². The molecular weight excluding hydrogens is 298 g/mol. The topological polar surface area (TPSA) is 93.3 Å². The molecule has 7 nitrogen and oxygen atoms in total. The minimum atomic E-state index is -0.873. The maximum absolute atomic E-state index is 12.1. The van der Waals surface area contributed by atoms with Crippen LogP contribution in [0.1, 0.15) is 10.4 Å². The SMILES string of the molecule is Cn1c(O)c(C(=O)Nc2ccc(Cl)cc2)c(=O)n(C)c1=O. The lowest BCUT2D eigenvalue weighted by molar-refractivity contribution is 0.102. The van der Waals surface area contributed by atoms with Crippen molar-refractivity contribution >= 4 is 23.2 Å². The molecule has 2 N–H and O–H groups in total. The van der Waals surface area contributed by atoms with Crippen molar-refractivity contribution in [3.8, 4) is 5.88 Å². The molecule has 110 valence electrons. The lowest BCUT2D eigenvalue weighted by Gasteiger charge is -2.10. The Labute approximate surface area is 124 Å². The molecule has 2 rings (SSSR count). The highest BCUT2D eigenvalue weighted by Crippen LogP contribution is 2.16. The van der Waals surface area contributed by atoms with Gasteiger partial charge in [0.25, 0.3) is 11.5 Å². The summed E-state index contributed by atoms with van der Waals surface area (Å²) in [5.74, 6) is -1.50. The predicted molar refractivity (Wildman–Crippen MR) is 78.0 cm³/mol. The number of aromatic nitrogens is 2. The lowest BCUT2D eigenvalue weighted by atomic mass is 10.2. The van der Waals surface area contributed by atoms with Crippen molar-refractivity contribution in [2.75, 3.05) is 5.32 Å². The molecule has 0 radical (unpaired) electrons. The van der Waals surface area contributed by atoms with E-state index in [1.807, 2.05) is 0 Å². The number of halogens is 1. The van der Waals surface area contributed by atoms with Gasteiger partial charge in [-0.3, -0.25) is 18.7 Å². The zero-order valence-electron chi connectivity index (χ0n) is 11.3. The van der Waals surface area contributed by atoms with Gasteiger partial charge in [0.1, 0.15) is 0 Å². The Kier molecular flexibility index (Phi) is 3.86. The van der Waals surface area contributed by atoms with Crippen LogP contribution in [-0.2, 0) is 14.1 Å². The van der Waals surface area contributed by atoms with Gasteiger partial charge in [-0.15, -0.1) is 0 Å². The van der Waals surface area contributed by atoms with E-state index < -0.39 is 28.6 Å². The number of nitrogens with zero attached hydrogens (tertiary/aromatic N) is 2. The average Bonchev–Trinajstić information content (AvgIpc) is 2.46. The van der Waals surface area contributed by atoms with Crippen molar-refractivity contribution in [1.82, 2.24) is 9.13 Å². The molecule has 0 atom stereocenters. The molecule has 1 amide bonds. The van der Waals surface area contributed by atoms with E-state index in [4.69, 9.17) is 11.6 Å². The number of hydrogen-bond donors (Lipinski definition) is 2. The molecule has 0 aliphatic heterocycles. The minimum Gasteiger partial charge on any atom is -0.494 e. The average molecular weight is 310 g/mol. The Morgan fingerprint density at radius 2 is 1.71 bits per heavy atom. The zero-order valence-corrected chi connectivity index (χ0v) is 12.0. The van der Waals surface area contributed by atoms with E-state index in [9.17, 15) is 19.5 Å². The van der Waals surface area contributed by atoms with Crippen molar-refractivity contribution in [1.29, 1.82) is 0 Å². The lowest BCUT2D eigenvalue weighted by Crippen LogP contribution is -2.40. The number of amides is 1. The van der Waals surface area contributed by atoms with Crippen LogP contribution in [0.5, 0.6) is 5.88 Å². The molecule has 0 fully saturated rings. The quantitative estimate of drug-likeness (QED) is 0.853. The standard InChI is InChI=1S/C13H12ClN3O4/c1-16-11(19)9(12(20)17(2)13(16)21)10(18)15-8-5-3-7(14)4-6-8/h3-6,19H,1-2H3,(H,15,18). The van der Waals surface area contributed by atoms with Crippen LogP contribution >= 0.6 is 11.6 Å². The van der Waals surface area contributed by atoms with Crippen LogP contribution in [0.3, 0.4) is 0 Å². The Hall–Kier alpha value is -2.54. The monoisotopic (exact) mass is 309 g/mol. The molecule has 1 aromatic heterocycles. The van der Waals surface area contributed by atoms with E-state index in [1.165, 1.54) is 14.1 Å². The van der Waals surface area contributed by atoms with Crippen LogP contribution in [0.2, 0.25) is 5.02 Å². The number of benzene rings is 1. The first kappa shape index (κ1) is 14.9. The van der Waals surface area contributed by atoms with Gasteiger partial charge in [0.2, 0.25) is 5.88 Å². The molecular formula is C13H12ClN3O4. The van der Waals surface area contributed by atoms with Gasteiger partial charge >= 0.3 is 5.69 Å². The van der Waals surface area contributed by atoms with Crippen molar-refractivity contribution in [2.45, 2.75) is 0 Å². The van der Waals surface area contributed by atoms with E-state index in [-0.39, 0.29) is 0 Å². The molecule has 8 heteroatoms. The molecule has 0 bridgehead atoms. The van der Waals surface area contributed by atoms with E-state index in [1.54, 1.807) is 24.3 Å². The third-order valence-electron chi connectivity index (χ3n) is 2.96. The van der Waals surface area contributed by atoms with Crippen molar-refractivity contribution < 1.29 is 9.90 Å². The van der Waals surface area contributed by atoms with Gasteiger partial charge in [0.15, 0.2) is 5.56 Å². The van der Waals surface area contributed by atoms with Crippen LogP contribution in [0.4, 0.5) is 5.69 Å². The van der Waals surface area contributed by atoms with E-state index >= 15 is 0 Å². The van der Waals surface area contributed by atoms with Crippen LogP contribution < -0.4 is 16.6 Å². The van der Waals surface area contributed by atoms with E-state index in [2.05, 4.69) is 5.32 Å². The van der Waals surface area contributed by atoms with E-state index in [0.717, 1.165) is 9.13 Å². The molecule has 1 heterocycles. The van der Waals surface area contributed by atoms with Gasteiger partial charge in [-0.1, -0.05) is 11.6 Å². The smallest absolute Gasteiger partial charge is 0.333 e. The Balaban J connectivity index is 2.47. The Bertz CT molecular complexity index is 821. The van der Waals surface area contributed by atoms with Gasteiger partial charge in [-0.05, 0) is 24.3 Å². The largest absolute Gasteiger partial charge is 0.494 e. The summed E-state index contributed by atoms with van der Waals surface area (Å²) in [5, 5.41) is 12.8. The van der Waals surface area contributed by atoms with Crippen molar-refractivity contribution in [3.63, 3.8) is 0 Å². The highest BCUT2D eigenvalue weighted by molar-refractivity contribution is 6.30. The fourth-order valence-corrected chi connectivity index (χ4v) is 1.88. The fraction of sp³-hybridized carbons (Fsp3) is 0.154. The second kappa shape index (κ2) is 5.45. The second-order valence-electron chi connectivity index (χ2n) is 4.37. The third-order valence-corrected chi connectivity index (χ3v) is 3.21. The molecule has 0 spiro atoms. The van der Waals surface area contributed by atoms with Crippen LogP contribution in [0.25, 0.3) is 0 Å². The summed E-state index contributed by atoms with van der Waals surface area (Å²) in [6, 6.07) is 6.22. The highest BCUT2D eigenvalue weighted by atomic mass is 35.5. The number of carbonyl (C=O) groups is 1. The normalized spacial score (nSPS) is 10.4. The molecule has 2 aromatic rings. The third kappa shape index (κ3) is 2.68. The van der Waals surface area contributed by atoms with Gasteiger partial charge < -0.3 is 10.4 Å². The first-order chi connectivity index (χ1) is 9.82. The minimum absolute atomic E-state index is 0.403. The molecule has 0 saturated heterocycles. The number of aromatic hydroxyl groups is 1. The number of hydrogen-bond acceptors (Lipinski definition) is 4. The molecule has 0 aliphatic rings. The summed E-state index contributed by atoms with van der Waals surface area (Å²) in [5.41, 5.74) is -1.70. The van der Waals surface area contributed by atoms with Crippen LogP contribution in [0.15, 0.2) is 33.9 Å². The fourth-order valence-electron chi connectivity index (χ4n) is 1.76. The number of nitrogens with one attached hydrogen (secondary N) is 1. The van der Waals surface area contributed by atoms with Gasteiger partial charge in [0.05, 0.1) is 0 Å². The van der Waals surface area contributed by atoms with Gasteiger partial charge in [-0.2, -0.15) is 0 Å². The summed E-state index contributed by atoms with van der Waals surface area (Å²) in [7, 11) is 2.49.